The lowest BCUT2D eigenvalue weighted by molar-refractivity contribution is 0.946. The summed E-state index contributed by atoms with van der Waals surface area (Å²) in [5.41, 5.74) is 16.1. The Morgan fingerprint density at radius 1 is 0.732 bits per heavy atom. The van der Waals surface area contributed by atoms with E-state index in [4.69, 9.17) is 0 Å². The van der Waals surface area contributed by atoms with Gasteiger partial charge in [0.2, 0.25) is 0 Å². The molecule has 0 nitrogen and oxygen atoms in total. The summed E-state index contributed by atoms with van der Waals surface area (Å²) in [7, 11) is 1.27. The number of hydrogen-bond acceptors (Lipinski definition) is 0. The maximum absolute atomic E-state index is 4.19. The second kappa shape index (κ2) is 20.2. The molecule has 0 spiro atoms. The number of fused-ring (bicyclic) bond motifs is 2. The van der Waals surface area contributed by atoms with Crippen LogP contribution in [0.4, 0.5) is 0 Å². The van der Waals surface area contributed by atoms with Crippen molar-refractivity contribution in [1.82, 2.24) is 0 Å². The van der Waals surface area contributed by atoms with E-state index in [1.54, 1.807) is 0 Å². The Bertz CT molecular complexity index is 2410. The van der Waals surface area contributed by atoms with Gasteiger partial charge in [-0.2, -0.15) is 0 Å². The first-order valence-corrected chi connectivity index (χ1v) is 20.7. The normalized spacial score (nSPS) is 15.5. The summed E-state index contributed by atoms with van der Waals surface area (Å²) in [6.45, 7) is 12.7. The first kappa shape index (κ1) is 39.9. The summed E-state index contributed by atoms with van der Waals surface area (Å²) in [5.74, 6) is 4.77. The minimum atomic E-state index is 0.389. The van der Waals surface area contributed by atoms with Crippen molar-refractivity contribution in [3.05, 3.63) is 245 Å². The van der Waals surface area contributed by atoms with E-state index in [1.165, 1.54) is 86.6 Å². The molecule has 0 fully saturated rings. The van der Waals surface area contributed by atoms with E-state index in [2.05, 4.69) is 228 Å². The molecule has 1 aromatic heterocycles. The van der Waals surface area contributed by atoms with Gasteiger partial charge >= 0.3 is 0 Å². The van der Waals surface area contributed by atoms with Crippen molar-refractivity contribution in [3.63, 3.8) is 0 Å². The number of hydrogen-bond donors (Lipinski definition) is 0. The van der Waals surface area contributed by atoms with E-state index in [9.17, 15) is 0 Å². The molecule has 5 aromatic carbocycles. The van der Waals surface area contributed by atoms with Crippen molar-refractivity contribution in [1.29, 1.82) is 0 Å². The smallest absolute Gasteiger partial charge is 0.0225 e. The third kappa shape index (κ3) is 11.1. The van der Waals surface area contributed by atoms with Gasteiger partial charge < -0.3 is 0 Å². The molecule has 1 heteroatoms. The van der Waals surface area contributed by atoms with Gasteiger partial charge in [0.1, 0.15) is 0 Å². The van der Waals surface area contributed by atoms with E-state index in [0.717, 1.165) is 18.4 Å². The molecule has 0 saturated heterocycles. The molecule has 2 aliphatic carbocycles. The number of allylic oxidation sites excluding steroid dienone is 13. The lowest BCUT2D eigenvalue weighted by Gasteiger charge is -2.09. The van der Waals surface area contributed by atoms with Gasteiger partial charge in [-0.25, -0.2) is 0 Å². The van der Waals surface area contributed by atoms with Crippen LogP contribution in [0.15, 0.2) is 211 Å². The van der Waals surface area contributed by atoms with Gasteiger partial charge in [-0.1, -0.05) is 214 Å². The van der Waals surface area contributed by atoms with Crippen molar-refractivity contribution in [3.8, 4) is 11.1 Å². The fourth-order valence-electron chi connectivity index (χ4n) is 7.05. The summed E-state index contributed by atoms with van der Waals surface area (Å²) in [6.07, 6.45) is 22.9. The van der Waals surface area contributed by atoms with Gasteiger partial charge in [0.25, 0.3) is 0 Å². The van der Waals surface area contributed by atoms with Crippen LogP contribution < -0.4 is 0 Å². The highest BCUT2D eigenvalue weighted by molar-refractivity contribution is 7.28. The lowest BCUT2D eigenvalue weighted by Crippen LogP contribution is -1.96. The van der Waals surface area contributed by atoms with Crippen LogP contribution >= 0.6 is 8.19 Å². The Morgan fingerprint density at radius 3 is 2.20 bits per heavy atom. The first-order valence-electron chi connectivity index (χ1n) is 19.7. The van der Waals surface area contributed by atoms with Gasteiger partial charge in [-0.05, 0) is 119 Å². The molecule has 278 valence electrons. The van der Waals surface area contributed by atoms with Gasteiger partial charge in [0.05, 0.1) is 0 Å². The summed E-state index contributed by atoms with van der Waals surface area (Å²) in [4.78, 5) is 0. The van der Waals surface area contributed by atoms with Crippen molar-refractivity contribution in [2.75, 3.05) is 0 Å². The molecule has 56 heavy (non-hydrogen) atoms. The SMILES string of the molecule is C/C(=C\C=C/Cc1ccc(C)cc1)c1cccpc1.C=C(/C=C\C=C1/CCc2ccccc21)C1C=CC=C1C.Cc1ccc(-c2cccc3ccccc23)cc1. The van der Waals surface area contributed by atoms with Crippen molar-refractivity contribution >= 4 is 30.1 Å². The molecule has 0 bridgehead atoms. The quantitative estimate of drug-likeness (QED) is 0.136. The highest BCUT2D eigenvalue weighted by Gasteiger charge is 2.15. The first-order chi connectivity index (χ1) is 27.4. The highest BCUT2D eigenvalue weighted by Crippen LogP contribution is 2.32. The van der Waals surface area contributed by atoms with E-state index in [1.807, 2.05) is 0 Å². The summed E-state index contributed by atoms with van der Waals surface area (Å²) in [6, 6.07) is 45.4. The minimum absolute atomic E-state index is 0.389. The lowest BCUT2D eigenvalue weighted by atomic mass is 9.95. The zero-order valence-electron chi connectivity index (χ0n) is 33.3. The van der Waals surface area contributed by atoms with Crippen molar-refractivity contribution in [2.24, 2.45) is 5.92 Å². The summed E-state index contributed by atoms with van der Waals surface area (Å²) >= 11 is 0. The Kier molecular flexibility index (Phi) is 14.4. The van der Waals surface area contributed by atoms with Crippen LogP contribution in [-0.2, 0) is 12.8 Å². The second-order valence-corrected chi connectivity index (χ2v) is 15.5. The summed E-state index contributed by atoms with van der Waals surface area (Å²) < 4.78 is 0. The second-order valence-electron chi connectivity index (χ2n) is 14.7. The Hall–Kier alpha value is -5.81. The molecule has 1 atom stereocenters. The van der Waals surface area contributed by atoms with Crippen LogP contribution in [0.1, 0.15) is 53.6 Å². The van der Waals surface area contributed by atoms with Gasteiger partial charge in [-0.15, -0.1) is 0 Å². The third-order valence-corrected chi connectivity index (χ3v) is 11.2. The molecular weight excluding hydrogens is 692 g/mol. The predicted molar refractivity (Wildman–Crippen MR) is 248 cm³/mol. The van der Waals surface area contributed by atoms with Crippen LogP contribution in [0.2, 0.25) is 0 Å². The molecule has 1 heterocycles. The highest BCUT2D eigenvalue weighted by atomic mass is 31.0. The molecule has 1 unspecified atom stereocenters. The van der Waals surface area contributed by atoms with E-state index in [-0.39, 0.29) is 0 Å². The maximum Gasteiger partial charge on any atom is 0.0225 e. The van der Waals surface area contributed by atoms with Crippen LogP contribution in [0.5, 0.6) is 0 Å². The maximum atomic E-state index is 4.19. The zero-order chi connectivity index (χ0) is 39.1. The molecule has 8 rings (SSSR count). The Morgan fingerprint density at radius 2 is 1.45 bits per heavy atom. The van der Waals surface area contributed by atoms with Gasteiger partial charge in [-0.3, -0.25) is 0 Å². The molecule has 0 radical (unpaired) electrons. The fraction of sp³-hybridized carbons (Fsp3) is 0.145. The topological polar surface area (TPSA) is 0 Å². The molecule has 0 aliphatic heterocycles. The number of aryl methyl sites for hydroxylation is 3. The van der Waals surface area contributed by atoms with Crippen LogP contribution in [0.3, 0.4) is 0 Å². The number of benzene rings is 5. The van der Waals surface area contributed by atoms with Crippen molar-refractivity contribution in [2.45, 2.75) is 47.0 Å². The average Bonchev–Trinajstić information content (AvgIpc) is 3.87. The van der Waals surface area contributed by atoms with Crippen molar-refractivity contribution < 1.29 is 0 Å². The molecule has 6 aromatic rings. The van der Waals surface area contributed by atoms with Crippen LogP contribution in [0.25, 0.3) is 33.0 Å². The molecular formula is C55H53P. The molecule has 0 N–H and O–H groups in total. The third-order valence-electron chi connectivity index (χ3n) is 10.4. The average molecular weight is 745 g/mol. The van der Waals surface area contributed by atoms with Crippen LogP contribution in [-0.4, -0.2) is 0 Å². The molecule has 0 saturated carbocycles. The largest absolute Gasteiger partial charge is 0.0949 e. The van der Waals surface area contributed by atoms with E-state index < -0.39 is 0 Å². The zero-order valence-corrected chi connectivity index (χ0v) is 34.2. The predicted octanol–water partition coefficient (Wildman–Crippen LogP) is 15.9. The monoisotopic (exact) mass is 744 g/mol. The molecule has 0 amide bonds. The standard InChI is InChI=1S/C20H20.C18H19P.C17H14/c1-15(19-12-6-8-16(19)2)7-5-10-18-14-13-17-9-3-4-11-20(17)18;1-15-9-11-17(12-10-15)7-4-3-6-16(2)18-8-5-13-19-14-18;1-13-9-11-15(12-10-13)17-8-4-6-14-5-2-3-7-16(14)17/h3-12,19H,1,13-14H2,2H3;3-6,8-14H,7H2,1-2H3;2-12H,1H3/b7-5-,18-10+;4-3-,16-6+;. The van der Waals surface area contributed by atoms with E-state index >= 15 is 0 Å². The summed E-state index contributed by atoms with van der Waals surface area (Å²) in [5, 5.41) is 2.62. The number of rotatable bonds is 8. The Balaban J connectivity index is 0.000000143. The minimum Gasteiger partial charge on any atom is -0.0949 e. The van der Waals surface area contributed by atoms with E-state index in [0.29, 0.717) is 5.92 Å². The Labute approximate surface area is 337 Å². The molecule has 2 aliphatic rings. The van der Waals surface area contributed by atoms with Crippen LogP contribution in [0, 0.1) is 19.8 Å². The fourth-order valence-corrected chi connectivity index (χ4v) is 7.78. The van der Waals surface area contributed by atoms with Gasteiger partial charge in [0.15, 0.2) is 0 Å². The van der Waals surface area contributed by atoms with Gasteiger partial charge in [0, 0.05) is 5.92 Å².